The van der Waals surface area contributed by atoms with Crippen LogP contribution in [0.2, 0.25) is 0 Å². The highest BCUT2D eigenvalue weighted by Gasteiger charge is 2.08. The Morgan fingerprint density at radius 2 is 1.91 bits per heavy atom. The molecule has 2 N–H and O–H groups in total. The molecule has 2 rings (SSSR count). The molecule has 0 atom stereocenters. The molecule has 5 nitrogen and oxygen atoms in total. The number of anilines is 1. The van der Waals surface area contributed by atoms with Crippen molar-refractivity contribution in [3.05, 3.63) is 53.6 Å². The molecule has 0 saturated carbocycles. The van der Waals surface area contributed by atoms with Crippen LogP contribution in [-0.2, 0) is 6.54 Å². The Kier molecular flexibility index (Phi) is 5.25. The van der Waals surface area contributed by atoms with E-state index in [9.17, 15) is 4.79 Å². The van der Waals surface area contributed by atoms with Crippen LogP contribution in [0.15, 0.2) is 42.5 Å². The van der Waals surface area contributed by atoms with Crippen LogP contribution in [0.4, 0.5) is 10.5 Å². The molecular weight excluding hydrogens is 280 g/mol. The van der Waals surface area contributed by atoms with Crippen LogP contribution in [0, 0.1) is 6.92 Å². The number of urea groups is 1. The Morgan fingerprint density at radius 1 is 1.09 bits per heavy atom. The number of methoxy groups -OCH3 is 2. The van der Waals surface area contributed by atoms with E-state index < -0.39 is 0 Å². The summed E-state index contributed by atoms with van der Waals surface area (Å²) in [5.41, 5.74) is 2.77. The van der Waals surface area contributed by atoms with Gasteiger partial charge in [-0.3, -0.25) is 0 Å². The number of benzene rings is 2. The third-order valence-electron chi connectivity index (χ3n) is 3.19. The first-order valence-electron chi connectivity index (χ1n) is 6.95. The highest BCUT2D eigenvalue weighted by Crippen LogP contribution is 2.28. The van der Waals surface area contributed by atoms with Gasteiger partial charge in [-0.15, -0.1) is 0 Å². The largest absolute Gasteiger partial charge is 0.497 e. The van der Waals surface area contributed by atoms with Gasteiger partial charge < -0.3 is 20.1 Å². The van der Waals surface area contributed by atoms with Crippen molar-refractivity contribution in [2.75, 3.05) is 19.5 Å². The Hall–Kier alpha value is -2.69. The topological polar surface area (TPSA) is 59.6 Å². The van der Waals surface area contributed by atoms with E-state index in [0.717, 1.165) is 11.1 Å². The molecule has 0 bridgehead atoms. The van der Waals surface area contributed by atoms with E-state index in [-0.39, 0.29) is 6.03 Å². The summed E-state index contributed by atoms with van der Waals surface area (Å²) in [6.45, 7) is 2.48. The molecular formula is C17H20N2O3. The number of aryl methyl sites for hydroxylation is 1. The van der Waals surface area contributed by atoms with Crippen LogP contribution >= 0.6 is 0 Å². The second-order valence-corrected chi connectivity index (χ2v) is 4.86. The minimum atomic E-state index is -0.298. The van der Waals surface area contributed by atoms with Crippen LogP contribution in [0.25, 0.3) is 0 Å². The first-order valence-corrected chi connectivity index (χ1v) is 6.95. The zero-order valence-corrected chi connectivity index (χ0v) is 13.0. The van der Waals surface area contributed by atoms with E-state index in [1.807, 2.05) is 31.2 Å². The molecule has 0 aliphatic heterocycles. The molecule has 0 spiro atoms. The predicted octanol–water partition coefficient (Wildman–Crippen LogP) is 3.33. The highest BCUT2D eigenvalue weighted by atomic mass is 16.5. The SMILES string of the molecule is COc1ccc(OC)c(NC(=O)NCc2cccc(C)c2)c1. The van der Waals surface area contributed by atoms with Crippen molar-refractivity contribution < 1.29 is 14.3 Å². The molecule has 5 heteroatoms. The number of nitrogens with one attached hydrogen (secondary N) is 2. The number of hydrogen-bond donors (Lipinski definition) is 2. The van der Waals surface area contributed by atoms with E-state index in [0.29, 0.717) is 23.7 Å². The smallest absolute Gasteiger partial charge is 0.319 e. The lowest BCUT2D eigenvalue weighted by atomic mass is 10.1. The van der Waals surface area contributed by atoms with Crippen LogP contribution in [0.3, 0.4) is 0 Å². The quantitative estimate of drug-likeness (QED) is 0.890. The normalized spacial score (nSPS) is 9.95. The molecule has 116 valence electrons. The molecule has 0 aromatic heterocycles. The first kappa shape index (κ1) is 15.7. The van der Waals surface area contributed by atoms with Gasteiger partial charge in [0, 0.05) is 12.6 Å². The molecule has 0 heterocycles. The van der Waals surface area contributed by atoms with Crippen molar-refractivity contribution in [3.63, 3.8) is 0 Å². The van der Waals surface area contributed by atoms with Crippen LogP contribution in [0.5, 0.6) is 11.5 Å². The average molecular weight is 300 g/mol. The maximum Gasteiger partial charge on any atom is 0.319 e. The maximum atomic E-state index is 12.0. The molecule has 0 saturated heterocycles. The van der Waals surface area contributed by atoms with E-state index in [1.54, 1.807) is 32.4 Å². The maximum absolute atomic E-state index is 12.0. The van der Waals surface area contributed by atoms with Gasteiger partial charge in [-0.1, -0.05) is 29.8 Å². The Balaban J connectivity index is 1.99. The van der Waals surface area contributed by atoms with Crippen molar-refractivity contribution in [2.45, 2.75) is 13.5 Å². The average Bonchev–Trinajstić information content (AvgIpc) is 2.53. The fourth-order valence-corrected chi connectivity index (χ4v) is 2.08. The number of hydrogen-bond acceptors (Lipinski definition) is 3. The lowest BCUT2D eigenvalue weighted by molar-refractivity contribution is 0.251. The number of rotatable bonds is 5. The van der Waals surface area contributed by atoms with Crippen LogP contribution in [-0.4, -0.2) is 20.3 Å². The Labute approximate surface area is 130 Å². The second-order valence-electron chi connectivity index (χ2n) is 4.86. The Bertz CT molecular complexity index is 656. The van der Waals surface area contributed by atoms with Gasteiger partial charge in [-0.05, 0) is 24.6 Å². The minimum Gasteiger partial charge on any atom is -0.497 e. The van der Waals surface area contributed by atoms with E-state index >= 15 is 0 Å². The number of amides is 2. The van der Waals surface area contributed by atoms with E-state index in [1.165, 1.54) is 0 Å². The van der Waals surface area contributed by atoms with E-state index in [2.05, 4.69) is 10.6 Å². The standard InChI is InChI=1S/C17H20N2O3/c1-12-5-4-6-13(9-12)11-18-17(20)19-15-10-14(21-2)7-8-16(15)22-3/h4-10H,11H2,1-3H3,(H2,18,19,20). The lowest BCUT2D eigenvalue weighted by Crippen LogP contribution is -2.28. The van der Waals surface area contributed by atoms with Gasteiger partial charge in [-0.2, -0.15) is 0 Å². The summed E-state index contributed by atoms with van der Waals surface area (Å²) in [5.74, 6) is 1.22. The van der Waals surface area contributed by atoms with Gasteiger partial charge in [0.2, 0.25) is 0 Å². The van der Waals surface area contributed by atoms with Gasteiger partial charge in [0.15, 0.2) is 0 Å². The van der Waals surface area contributed by atoms with Crippen molar-refractivity contribution in [3.8, 4) is 11.5 Å². The Morgan fingerprint density at radius 3 is 2.59 bits per heavy atom. The highest BCUT2D eigenvalue weighted by molar-refractivity contribution is 5.91. The lowest BCUT2D eigenvalue weighted by Gasteiger charge is -2.12. The summed E-state index contributed by atoms with van der Waals surface area (Å²) in [4.78, 5) is 12.0. The zero-order chi connectivity index (χ0) is 15.9. The van der Waals surface area contributed by atoms with Crippen LogP contribution < -0.4 is 20.1 Å². The van der Waals surface area contributed by atoms with Crippen molar-refractivity contribution in [2.24, 2.45) is 0 Å². The van der Waals surface area contributed by atoms with Crippen LogP contribution in [0.1, 0.15) is 11.1 Å². The molecule has 0 radical (unpaired) electrons. The number of carbonyl (C=O) groups is 1. The fraction of sp³-hybridized carbons (Fsp3) is 0.235. The molecule has 2 aromatic carbocycles. The minimum absolute atomic E-state index is 0.298. The first-order chi connectivity index (χ1) is 10.6. The summed E-state index contributed by atoms with van der Waals surface area (Å²) < 4.78 is 10.4. The molecule has 2 amide bonds. The van der Waals surface area contributed by atoms with Crippen molar-refractivity contribution in [1.82, 2.24) is 5.32 Å². The number of ether oxygens (including phenoxy) is 2. The van der Waals surface area contributed by atoms with Gasteiger partial charge >= 0.3 is 6.03 Å². The fourth-order valence-electron chi connectivity index (χ4n) is 2.08. The van der Waals surface area contributed by atoms with E-state index in [4.69, 9.17) is 9.47 Å². The number of carbonyl (C=O) groups excluding carboxylic acids is 1. The van der Waals surface area contributed by atoms with Crippen molar-refractivity contribution in [1.29, 1.82) is 0 Å². The predicted molar refractivity (Wildman–Crippen MR) is 86.6 cm³/mol. The summed E-state index contributed by atoms with van der Waals surface area (Å²) in [5, 5.41) is 5.58. The summed E-state index contributed by atoms with van der Waals surface area (Å²) in [6.07, 6.45) is 0. The third-order valence-corrected chi connectivity index (χ3v) is 3.19. The summed E-state index contributed by atoms with van der Waals surface area (Å²) >= 11 is 0. The monoisotopic (exact) mass is 300 g/mol. The van der Waals surface area contributed by atoms with Gasteiger partial charge in [0.05, 0.1) is 19.9 Å². The van der Waals surface area contributed by atoms with Gasteiger partial charge in [-0.25, -0.2) is 4.79 Å². The molecule has 0 fully saturated rings. The summed E-state index contributed by atoms with van der Waals surface area (Å²) in [6, 6.07) is 12.9. The molecule has 0 unspecified atom stereocenters. The zero-order valence-electron chi connectivity index (χ0n) is 13.0. The molecule has 0 aliphatic carbocycles. The second kappa shape index (κ2) is 7.36. The van der Waals surface area contributed by atoms with Gasteiger partial charge in [0.1, 0.15) is 11.5 Å². The molecule has 22 heavy (non-hydrogen) atoms. The molecule has 0 aliphatic rings. The van der Waals surface area contributed by atoms with Crippen molar-refractivity contribution >= 4 is 11.7 Å². The molecule has 2 aromatic rings. The third kappa shape index (κ3) is 4.15. The van der Waals surface area contributed by atoms with Gasteiger partial charge in [0.25, 0.3) is 0 Å². The summed E-state index contributed by atoms with van der Waals surface area (Å²) in [7, 11) is 3.13.